The van der Waals surface area contributed by atoms with Crippen molar-refractivity contribution in [2.24, 2.45) is 0 Å². The van der Waals surface area contributed by atoms with Crippen LogP contribution in [0.3, 0.4) is 0 Å². The number of thioether (sulfide) groups is 1. The van der Waals surface area contributed by atoms with E-state index in [9.17, 15) is 14.4 Å². The highest BCUT2D eigenvalue weighted by molar-refractivity contribution is 8.00. The predicted octanol–water partition coefficient (Wildman–Crippen LogP) is 0.0138. The van der Waals surface area contributed by atoms with Crippen molar-refractivity contribution in [3.63, 3.8) is 0 Å². The fraction of sp³-hybridized carbons (Fsp3) is 0.636. The van der Waals surface area contributed by atoms with Crippen molar-refractivity contribution in [2.45, 2.75) is 37.2 Å². The Labute approximate surface area is 119 Å². The summed E-state index contributed by atoms with van der Waals surface area (Å²) in [7, 11) is 0. The first-order valence-electron chi connectivity index (χ1n) is 6.45. The number of aromatic amines is 1. The van der Waals surface area contributed by atoms with Crippen LogP contribution in [0.2, 0.25) is 0 Å². The fourth-order valence-electron chi connectivity index (χ4n) is 1.92. The molecule has 1 aromatic rings. The van der Waals surface area contributed by atoms with Crippen molar-refractivity contribution < 1.29 is 9.59 Å². The average molecular weight is 299 g/mol. The van der Waals surface area contributed by atoms with Gasteiger partial charge in [-0.25, -0.2) is 14.7 Å². The number of carbonyl (C=O) groups is 2. The molecule has 1 atom stereocenters. The third-order valence-electron chi connectivity index (χ3n) is 2.92. The molecule has 0 aromatic carbocycles. The number of amides is 3. The minimum atomic E-state index is -0.482. The molecule has 1 aromatic heterocycles. The van der Waals surface area contributed by atoms with Crippen LogP contribution in [0.25, 0.3) is 0 Å². The van der Waals surface area contributed by atoms with Crippen LogP contribution in [0.5, 0.6) is 0 Å². The van der Waals surface area contributed by atoms with E-state index in [1.165, 1.54) is 21.2 Å². The molecule has 0 radical (unpaired) electrons. The van der Waals surface area contributed by atoms with E-state index in [-0.39, 0.29) is 17.6 Å². The lowest BCUT2D eigenvalue weighted by atomic mass is 10.4. The van der Waals surface area contributed by atoms with Gasteiger partial charge >= 0.3 is 11.7 Å². The van der Waals surface area contributed by atoms with Crippen molar-refractivity contribution in [1.29, 1.82) is 0 Å². The second-order valence-corrected chi connectivity index (χ2v) is 5.75. The Morgan fingerprint density at radius 2 is 2.25 bits per heavy atom. The van der Waals surface area contributed by atoms with Crippen LogP contribution in [0.15, 0.2) is 9.95 Å². The summed E-state index contributed by atoms with van der Waals surface area (Å²) in [6.45, 7) is 5.06. The first-order chi connectivity index (χ1) is 9.54. The molecule has 0 saturated carbocycles. The molecular weight excluding hydrogens is 282 g/mol. The highest BCUT2D eigenvalue weighted by Gasteiger charge is 2.31. The molecule has 3 amide bonds. The summed E-state index contributed by atoms with van der Waals surface area (Å²) in [6.07, 6.45) is 0.795. The first kappa shape index (κ1) is 14.6. The Kier molecular flexibility index (Phi) is 4.48. The van der Waals surface area contributed by atoms with Gasteiger partial charge in [-0.15, -0.1) is 5.10 Å². The van der Waals surface area contributed by atoms with E-state index >= 15 is 0 Å². The Balaban J connectivity index is 2.07. The molecule has 0 bridgehead atoms. The number of H-pyrrole nitrogens is 1. The zero-order valence-electron chi connectivity index (χ0n) is 11.4. The third kappa shape index (κ3) is 2.87. The van der Waals surface area contributed by atoms with Gasteiger partial charge in [0.1, 0.15) is 0 Å². The van der Waals surface area contributed by atoms with Gasteiger partial charge in [-0.05, 0) is 13.3 Å². The number of nitrogens with zero attached hydrogens (tertiary/aromatic N) is 3. The lowest BCUT2D eigenvalue weighted by molar-refractivity contribution is -0.126. The second-order valence-electron chi connectivity index (χ2n) is 4.44. The van der Waals surface area contributed by atoms with E-state index in [1.807, 2.05) is 6.92 Å². The largest absolute Gasteiger partial charge is 0.343 e. The summed E-state index contributed by atoms with van der Waals surface area (Å²) < 4.78 is 1.50. The summed E-state index contributed by atoms with van der Waals surface area (Å²) in [4.78, 5) is 36.4. The zero-order chi connectivity index (χ0) is 14.7. The maximum atomic E-state index is 12.2. The van der Waals surface area contributed by atoms with Crippen LogP contribution < -0.4 is 11.0 Å². The van der Waals surface area contributed by atoms with E-state index in [0.29, 0.717) is 24.8 Å². The second kappa shape index (κ2) is 6.12. The molecule has 1 saturated heterocycles. The van der Waals surface area contributed by atoms with Gasteiger partial charge in [0.25, 0.3) is 0 Å². The normalized spacial score (nSPS) is 16.3. The standard InChI is InChI=1S/C11H17N5O3S/c1-3-5-16-10(19)13-14-11(16)20-7(2)8(17)15-6-4-12-9(15)18/h7H,3-6H2,1-2H3,(H,12,18)(H,13,19). The Morgan fingerprint density at radius 1 is 1.50 bits per heavy atom. The van der Waals surface area contributed by atoms with E-state index < -0.39 is 5.25 Å². The van der Waals surface area contributed by atoms with E-state index in [0.717, 1.165) is 6.42 Å². The van der Waals surface area contributed by atoms with E-state index in [2.05, 4.69) is 15.5 Å². The molecule has 110 valence electrons. The predicted molar refractivity (Wildman–Crippen MR) is 73.6 cm³/mol. The summed E-state index contributed by atoms with van der Waals surface area (Å²) in [6, 6.07) is -0.365. The van der Waals surface area contributed by atoms with Gasteiger partial charge in [0.2, 0.25) is 5.91 Å². The van der Waals surface area contributed by atoms with Crippen LogP contribution >= 0.6 is 11.8 Å². The van der Waals surface area contributed by atoms with Crippen LogP contribution in [-0.4, -0.2) is 49.9 Å². The lowest BCUT2D eigenvalue weighted by Gasteiger charge is -2.17. The summed E-state index contributed by atoms with van der Waals surface area (Å²) in [5.41, 5.74) is -0.284. The molecule has 1 fully saturated rings. The molecular formula is C11H17N5O3S. The van der Waals surface area contributed by atoms with Crippen molar-refractivity contribution >= 4 is 23.7 Å². The molecule has 2 N–H and O–H groups in total. The quantitative estimate of drug-likeness (QED) is 0.746. The van der Waals surface area contributed by atoms with Gasteiger partial charge in [-0.3, -0.25) is 14.3 Å². The average Bonchev–Trinajstić information content (AvgIpc) is 2.98. The number of carbonyl (C=O) groups excluding carboxylic acids is 2. The number of hydrogen-bond donors (Lipinski definition) is 2. The molecule has 8 nitrogen and oxygen atoms in total. The molecule has 9 heteroatoms. The van der Waals surface area contributed by atoms with E-state index in [1.54, 1.807) is 6.92 Å². The molecule has 1 aliphatic rings. The van der Waals surface area contributed by atoms with Gasteiger partial charge in [-0.2, -0.15) is 0 Å². The molecule has 1 aliphatic heterocycles. The first-order valence-corrected chi connectivity index (χ1v) is 7.33. The lowest BCUT2D eigenvalue weighted by Crippen LogP contribution is -2.39. The number of nitrogens with one attached hydrogen (secondary N) is 2. The smallest absolute Gasteiger partial charge is 0.336 e. The van der Waals surface area contributed by atoms with Crippen LogP contribution in [0.1, 0.15) is 20.3 Å². The minimum absolute atomic E-state index is 0.275. The number of imide groups is 1. The van der Waals surface area contributed by atoms with Crippen molar-refractivity contribution in [3.8, 4) is 0 Å². The monoisotopic (exact) mass is 299 g/mol. The van der Waals surface area contributed by atoms with Crippen LogP contribution in [-0.2, 0) is 11.3 Å². The van der Waals surface area contributed by atoms with Crippen LogP contribution in [0, 0.1) is 0 Å². The molecule has 0 aliphatic carbocycles. The maximum Gasteiger partial charge on any atom is 0.343 e. The molecule has 2 heterocycles. The third-order valence-corrected chi connectivity index (χ3v) is 4.00. The number of rotatable bonds is 5. The van der Waals surface area contributed by atoms with Gasteiger partial charge < -0.3 is 5.32 Å². The Hall–Kier alpha value is -1.77. The summed E-state index contributed by atoms with van der Waals surface area (Å²) in [5.74, 6) is -0.275. The van der Waals surface area contributed by atoms with Gasteiger partial charge in [0.05, 0.1) is 5.25 Å². The summed E-state index contributed by atoms with van der Waals surface area (Å²) >= 11 is 1.18. The van der Waals surface area contributed by atoms with Crippen molar-refractivity contribution in [3.05, 3.63) is 10.5 Å². The molecule has 0 spiro atoms. The number of urea groups is 1. The van der Waals surface area contributed by atoms with Gasteiger partial charge in [-0.1, -0.05) is 18.7 Å². The van der Waals surface area contributed by atoms with Crippen molar-refractivity contribution in [2.75, 3.05) is 13.1 Å². The van der Waals surface area contributed by atoms with E-state index in [4.69, 9.17) is 0 Å². The SMILES string of the molecule is CCCn1c(SC(C)C(=O)N2CCNC2=O)n[nH]c1=O. The topological polar surface area (TPSA) is 100 Å². The highest BCUT2D eigenvalue weighted by Crippen LogP contribution is 2.22. The number of hydrogen-bond acceptors (Lipinski definition) is 5. The molecule has 20 heavy (non-hydrogen) atoms. The Bertz CT molecular complexity index is 567. The molecule has 1 unspecified atom stereocenters. The van der Waals surface area contributed by atoms with Crippen molar-refractivity contribution in [1.82, 2.24) is 25.0 Å². The van der Waals surface area contributed by atoms with Gasteiger partial charge in [0, 0.05) is 19.6 Å². The van der Waals surface area contributed by atoms with Gasteiger partial charge in [0.15, 0.2) is 5.16 Å². The van der Waals surface area contributed by atoms with Crippen LogP contribution in [0.4, 0.5) is 4.79 Å². The minimum Gasteiger partial charge on any atom is -0.336 e. The highest BCUT2D eigenvalue weighted by atomic mass is 32.2. The molecule has 2 rings (SSSR count). The fourth-order valence-corrected chi connectivity index (χ4v) is 2.87. The maximum absolute atomic E-state index is 12.2. The number of aromatic nitrogens is 3. The summed E-state index contributed by atoms with van der Waals surface area (Å²) in [5, 5.41) is 8.87. The zero-order valence-corrected chi connectivity index (χ0v) is 12.2. The Morgan fingerprint density at radius 3 is 2.85 bits per heavy atom.